The zero-order valence-corrected chi connectivity index (χ0v) is 12.9. The van der Waals surface area contributed by atoms with Gasteiger partial charge in [0.2, 0.25) is 11.8 Å². The number of hydrogen-bond acceptors (Lipinski definition) is 4. The van der Waals surface area contributed by atoms with Crippen molar-refractivity contribution < 1.29 is 19.1 Å². The minimum absolute atomic E-state index is 0.183. The number of alkyl carbamates (subject to hydrolysis) is 1. The summed E-state index contributed by atoms with van der Waals surface area (Å²) in [5, 5.41) is 2.54. The van der Waals surface area contributed by atoms with Gasteiger partial charge in [-0.25, -0.2) is 4.79 Å². The summed E-state index contributed by atoms with van der Waals surface area (Å²) in [7, 11) is 0. The van der Waals surface area contributed by atoms with Gasteiger partial charge in [-0.05, 0) is 26.2 Å². The van der Waals surface area contributed by atoms with Gasteiger partial charge in [0.1, 0.15) is 5.60 Å². The van der Waals surface area contributed by atoms with Crippen molar-refractivity contribution in [2.75, 3.05) is 13.1 Å². The maximum absolute atomic E-state index is 11.9. The summed E-state index contributed by atoms with van der Waals surface area (Å²) in [6.07, 6.45) is 0.158. The van der Waals surface area contributed by atoms with Crippen LogP contribution < -0.4 is 5.32 Å². The molecule has 0 saturated carbocycles. The molecule has 6 nitrogen and oxygen atoms in total. The quantitative estimate of drug-likeness (QED) is 0.800. The lowest BCUT2D eigenvalue weighted by atomic mass is 9.82. The van der Waals surface area contributed by atoms with Gasteiger partial charge in [-0.15, -0.1) is 0 Å². The third kappa shape index (κ3) is 5.19. The number of amides is 3. The first-order chi connectivity index (χ1) is 9.00. The summed E-state index contributed by atoms with van der Waals surface area (Å²) in [5.74, 6) is -0.366. The van der Waals surface area contributed by atoms with E-state index in [1.165, 1.54) is 4.90 Å². The summed E-state index contributed by atoms with van der Waals surface area (Å²) >= 11 is 0. The number of nitrogens with one attached hydrogen (secondary N) is 1. The molecule has 0 unspecified atom stereocenters. The van der Waals surface area contributed by atoms with Crippen LogP contribution in [0.4, 0.5) is 4.79 Å². The number of nitrogens with zero attached hydrogens (tertiary/aromatic N) is 1. The summed E-state index contributed by atoms with van der Waals surface area (Å²) in [6.45, 7) is 9.50. The van der Waals surface area contributed by atoms with E-state index in [0.717, 1.165) is 0 Å². The molecular weight excluding hydrogens is 260 g/mol. The maximum Gasteiger partial charge on any atom is 0.407 e. The van der Waals surface area contributed by atoms with Crippen LogP contribution in [0, 0.1) is 5.41 Å². The van der Waals surface area contributed by atoms with Crippen molar-refractivity contribution in [3.05, 3.63) is 0 Å². The number of carbonyl (C=O) groups is 3. The first-order valence-electron chi connectivity index (χ1n) is 6.80. The number of rotatable bonds is 3. The largest absolute Gasteiger partial charge is 0.444 e. The third-order valence-electron chi connectivity index (χ3n) is 2.87. The minimum atomic E-state index is -0.565. The van der Waals surface area contributed by atoms with Crippen LogP contribution in [0.2, 0.25) is 0 Å². The Labute approximate surface area is 119 Å². The predicted octanol–water partition coefficient (Wildman–Crippen LogP) is 1.69. The summed E-state index contributed by atoms with van der Waals surface area (Å²) in [5.41, 5.74) is -0.839. The Kier molecular flexibility index (Phi) is 4.78. The Bertz CT molecular complexity index is 390. The van der Waals surface area contributed by atoms with Crippen molar-refractivity contribution in [3.63, 3.8) is 0 Å². The molecule has 1 N–H and O–H groups in total. The average Bonchev–Trinajstić information content (AvgIpc) is 2.17. The summed E-state index contributed by atoms with van der Waals surface area (Å²) < 4.78 is 5.08. The van der Waals surface area contributed by atoms with Crippen LogP contribution in [-0.2, 0) is 14.3 Å². The predicted molar refractivity (Wildman–Crippen MR) is 74.0 cm³/mol. The van der Waals surface area contributed by atoms with E-state index in [2.05, 4.69) is 5.32 Å². The molecule has 1 aliphatic heterocycles. The van der Waals surface area contributed by atoms with E-state index in [9.17, 15) is 14.4 Å². The molecule has 6 heteroatoms. The Morgan fingerprint density at radius 2 is 1.75 bits per heavy atom. The molecule has 0 radical (unpaired) electrons. The van der Waals surface area contributed by atoms with E-state index in [0.29, 0.717) is 12.8 Å². The maximum atomic E-state index is 11.9. The van der Waals surface area contributed by atoms with Crippen molar-refractivity contribution >= 4 is 17.9 Å². The molecule has 114 valence electrons. The van der Waals surface area contributed by atoms with Gasteiger partial charge in [-0.2, -0.15) is 0 Å². The molecule has 0 aromatic heterocycles. The van der Waals surface area contributed by atoms with Crippen molar-refractivity contribution in [3.8, 4) is 0 Å². The van der Waals surface area contributed by atoms with Gasteiger partial charge >= 0.3 is 6.09 Å². The molecule has 1 heterocycles. The van der Waals surface area contributed by atoms with Crippen LogP contribution in [0.5, 0.6) is 0 Å². The highest BCUT2D eigenvalue weighted by atomic mass is 16.6. The molecule has 0 aliphatic carbocycles. The van der Waals surface area contributed by atoms with Gasteiger partial charge in [0.15, 0.2) is 0 Å². The zero-order chi connectivity index (χ0) is 15.6. The molecule has 0 aromatic carbocycles. The normalized spacial score (nSPS) is 18.9. The van der Waals surface area contributed by atoms with Crippen LogP contribution in [0.3, 0.4) is 0 Å². The van der Waals surface area contributed by atoms with Gasteiger partial charge in [0.05, 0.1) is 0 Å². The Morgan fingerprint density at radius 3 is 2.20 bits per heavy atom. The van der Waals surface area contributed by atoms with Crippen LogP contribution in [0.1, 0.15) is 47.5 Å². The van der Waals surface area contributed by atoms with E-state index < -0.39 is 11.7 Å². The molecule has 3 amide bonds. The SMILES string of the molecule is CC1(C)CC(=O)N(CCNC(=O)OC(C)(C)C)C(=O)C1. The number of imide groups is 1. The molecule has 1 saturated heterocycles. The second-order valence-electron chi connectivity index (χ2n) is 6.89. The topological polar surface area (TPSA) is 75.7 Å². The first-order valence-corrected chi connectivity index (χ1v) is 6.80. The second kappa shape index (κ2) is 5.81. The fourth-order valence-electron chi connectivity index (χ4n) is 2.04. The van der Waals surface area contributed by atoms with Crippen LogP contribution >= 0.6 is 0 Å². The van der Waals surface area contributed by atoms with Crippen LogP contribution in [0.15, 0.2) is 0 Å². The van der Waals surface area contributed by atoms with E-state index in [4.69, 9.17) is 4.74 Å². The number of carbonyl (C=O) groups excluding carboxylic acids is 3. The molecule has 0 bridgehead atoms. The molecule has 1 rings (SSSR count). The Balaban J connectivity index is 2.41. The third-order valence-corrected chi connectivity index (χ3v) is 2.87. The second-order valence-corrected chi connectivity index (χ2v) is 6.89. The molecular formula is C14H24N2O4. The van der Waals surface area contributed by atoms with E-state index >= 15 is 0 Å². The first kappa shape index (κ1) is 16.5. The van der Waals surface area contributed by atoms with E-state index in [1.54, 1.807) is 20.8 Å². The molecule has 1 aliphatic rings. The monoisotopic (exact) mass is 284 g/mol. The Morgan fingerprint density at radius 1 is 1.25 bits per heavy atom. The van der Waals surface area contributed by atoms with E-state index in [1.807, 2.05) is 13.8 Å². The number of piperidine rings is 1. The fraction of sp³-hybridized carbons (Fsp3) is 0.786. The molecule has 0 aromatic rings. The fourth-order valence-corrected chi connectivity index (χ4v) is 2.04. The molecule has 0 atom stereocenters. The zero-order valence-electron chi connectivity index (χ0n) is 12.9. The van der Waals surface area contributed by atoms with Crippen molar-refractivity contribution in [1.29, 1.82) is 0 Å². The highest BCUT2D eigenvalue weighted by Gasteiger charge is 2.37. The lowest BCUT2D eigenvalue weighted by molar-refractivity contribution is -0.152. The van der Waals surface area contributed by atoms with Gasteiger partial charge in [0.25, 0.3) is 0 Å². The lowest BCUT2D eigenvalue weighted by Crippen LogP contribution is -2.49. The number of likely N-dealkylation sites (tertiary alicyclic amines) is 1. The minimum Gasteiger partial charge on any atom is -0.444 e. The van der Waals surface area contributed by atoms with Crippen molar-refractivity contribution in [2.24, 2.45) is 5.41 Å². The number of ether oxygens (including phenoxy) is 1. The highest BCUT2D eigenvalue weighted by Crippen LogP contribution is 2.31. The van der Waals surface area contributed by atoms with Crippen molar-refractivity contribution in [1.82, 2.24) is 10.2 Å². The lowest BCUT2D eigenvalue weighted by Gasteiger charge is -2.34. The smallest absolute Gasteiger partial charge is 0.407 e. The van der Waals surface area contributed by atoms with Gasteiger partial charge in [0, 0.05) is 25.9 Å². The summed E-state index contributed by atoms with van der Waals surface area (Å²) in [6, 6.07) is 0. The Hall–Kier alpha value is -1.59. The number of hydrogen-bond donors (Lipinski definition) is 1. The van der Waals surface area contributed by atoms with Gasteiger partial charge < -0.3 is 10.1 Å². The summed E-state index contributed by atoms with van der Waals surface area (Å²) in [4.78, 5) is 36.4. The van der Waals surface area contributed by atoms with Crippen molar-refractivity contribution in [2.45, 2.75) is 53.1 Å². The molecule has 20 heavy (non-hydrogen) atoms. The van der Waals surface area contributed by atoms with Gasteiger partial charge in [-0.3, -0.25) is 14.5 Å². The van der Waals surface area contributed by atoms with Gasteiger partial charge in [-0.1, -0.05) is 13.8 Å². The van der Waals surface area contributed by atoms with Crippen LogP contribution in [0.25, 0.3) is 0 Å². The standard InChI is InChI=1S/C14H24N2O4/c1-13(2,3)20-12(19)15-6-7-16-10(17)8-14(4,5)9-11(16)18/h6-9H2,1-5H3,(H,15,19). The van der Waals surface area contributed by atoms with Crippen LogP contribution in [-0.4, -0.2) is 41.5 Å². The highest BCUT2D eigenvalue weighted by molar-refractivity contribution is 5.98. The molecule has 1 fully saturated rings. The van der Waals surface area contributed by atoms with E-state index in [-0.39, 0.29) is 30.3 Å². The molecule has 0 spiro atoms. The average molecular weight is 284 g/mol.